The van der Waals surface area contributed by atoms with Crippen LogP contribution in [0.5, 0.6) is 0 Å². The Morgan fingerprint density at radius 3 is 2.77 bits per heavy atom. The molecule has 0 aromatic carbocycles. The number of hydrogen-bond donors (Lipinski definition) is 3. The highest BCUT2D eigenvalue weighted by atomic mass is 32.5. The molecule has 0 amide bonds. The van der Waals surface area contributed by atoms with E-state index < -0.39 is 36.4 Å². The molecular formula is C14H24N3O7PS. The van der Waals surface area contributed by atoms with Crippen LogP contribution in [0.2, 0.25) is 0 Å². The van der Waals surface area contributed by atoms with E-state index in [1.165, 1.54) is 31.0 Å². The standard InChI is InChI=1S/C14H24N3O7PS/c1-21-8-10-12(24-25(20,26)22-2)9(4-3-6-15)13(23-10)17-7-5-11(18)16-14(17)19/h5,7,9-10,12-13H,3-4,6,8,15H2,1-2H3,(H,20,26)(H,16,18,19)/t9?,10-,12-,13-,25?/m1/s1. The van der Waals surface area contributed by atoms with Crippen molar-refractivity contribution in [1.82, 2.24) is 9.55 Å². The van der Waals surface area contributed by atoms with Crippen molar-refractivity contribution in [3.8, 4) is 0 Å². The van der Waals surface area contributed by atoms with Crippen LogP contribution < -0.4 is 17.0 Å². The summed E-state index contributed by atoms with van der Waals surface area (Å²) in [5.74, 6) is -0.355. The maximum absolute atomic E-state index is 12.2. The van der Waals surface area contributed by atoms with Crippen molar-refractivity contribution in [3.63, 3.8) is 0 Å². The Bertz CT molecular complexity index is 755. The lowest BCUT2D eigenvalue weighted by atomic mass is 9.94. The molecule has 26 heavy (non-hydrogen) atoms. The zero-order valence-corrected chi connectivity index (χ0v) is 16.3. The van der Waals surface area contributed by atoms with E-state index >= 15 is 0 Å². The van der Waals surface area contributed by atoms with E-state index in [0.717, 1.165) is 0 Å². The largest absolute Gasteiger partial charge is 0.382 e. The van der Waals surface area contributed by atoms with Crippen molar-refractivity contribution in [3.05, 3.63) is 33.1 Å². The van der Waals surface area contributed by atoms with Crippen molar-refractivity contribution in [2.75, 3.05) is 27.4 Å². The molecule has 0 radical (unpaired) electrons. The van der Waals surface area contributed by atoms with Gasteiger partial charge in [-0.1, -0.05) is 0 Å². The molecule has 1 saturated heterocycles. The quantitative estimate of drug-likeness (QED) is 0.469. The Labute approximate surface area is 155 Å². The van der Waals surface area contributed by atoms with Gasteiger partial charge in [-0.2, -0.15) is 0 Å². The first-order valence-electron chi connectivity index (χ1n) is 8.06. The molecule has 10 nitrogen and oxygen atoms in total. The van der Waals surface area contributed by atoms with E-state index in [4.69, 9.17) is 36.1 Å². The molecule has 1 aliphatic rings. The third kappa shape index (κ3) is 5.08. The van der Waals surface area contributed by atoms with Gasteiger partial charge in [0.25, 0.3) is 5.56 Å². The second-order valence-corrected chi connectivity index (χ2v) is 8.75. The maximum Gasteiger partial charge on any atom is 0.330 e. The molecule has 1 aromatic rings. The Morgan fingerprint density at radius 1 is 1.46 bits per heavy atom. The molecule has 1 aromatic heterocycles. The number of aromatic nitrogens is 2. The Balaban J connectivity index is 2.41. The molecule has 5 atom stereocenters. The fraction of sp³-hybridized carbons (Fsp3) is 0.714. The number of aromatic amines is 1. The molecule has 0 bridgehead atoms. The second-order valence-electron chi connectivity index (χ2n) is 5.85. The number of nitrogens with zero attached hydrogens (tertiary/aromatic N) is 1. The van der Waals surface area contributed by atoms with Gasteiger partial charge in [0, 0.05) is 32.4 Å². The van der Waals surface area contributed by atoms with Crippen LogP contribution in [0, 0.1) is 5.92 Å². The number of nitrogens with one attached hydrogen (secondary N) is 1. The van der Waals surface area contributed by atoms with Crippen LogP contribution in [-0.4, -0.2) is 54.0 Å². The van der Waals surface area contributed by atoms with E-state index in [-0.39, 0.29) is 12.5 Å². The summed E-state index contributed by atoms with van der Waals surface area (Å²) in [5, 5.41) is 0. The number of rotatable bonds is 9. The highest BCUT2D eigenvalue weighted by Crippen LogP contribution is 2.50. The van der Waals surface area contributed by atoms with Gasteiger partial charge in [-0.25, -0.2) is 4.79 Å². The van der Waals surface area contributed by atoms with Gasteiger partial charge in [-0.15, -0.1) is 0 Å². The minimum absolute atomic E-state index is 0.164. The first kappa shape index (κ1) is 21.4. The summed E-state index contributed by atoms with van der Waals surface area (Å²) < 4.78 is 23.0. The molecule has 12 heteroatoms. The molecule has 1 aliphatic heterocycles. The average Bonchev–Trinajstić information content (AvgIpc) is 2.90. The lowest BCUT2D eigenvalue weighted by molar-refractivity contribution is -0.0550. The van der Waals surface area contributed by atoms with Crippen LogP contribution in [0.4, 0.5) is 0 Å². The van der Waals surface area contributed by atoms with E-state index in [9.17, 15) is 14.5 Å². The molecule has 2 unspecified atom stereocenters. The first-order valence-corrected chi connectivity index (χ1v) is 10.6. The summed E-state index contributed by atoms with van der Waals surface area (Å²) >= 11 is 4.97. The Morgan fingerprint density at radius 2 is 2.19 bits per heavy atom. The van der Waals surface area contributed by atoms with Crippen molar-refractivity contribution in [2.24, 2.45) is 11.7 Å². The van der Waals surface area contributed by atoms with Crippen molar-refractivity contribution < 1.29 is 23.4 Å². The van der Waals surface area contributed by atoms with Crippen molar-refractivity contribution in [2.45, 2.75) is 31.3 Å². The summed E-state index contributed by atoms with van der Waals surface area (Å²) in [5.41, 5.74) is 4.51. The fourth-order valence-electron chi connectivity index (χ4n) is 3.00. The van der Waals surface area contributed by atoms with E-state index in [1.807, 2.05) is 0 Å². The highest BCUT2D eigenvalue weighted by molar-refractivity contribution is 8.07. The van der Waals surface area contributed by atoms with E-state index in [1.54, 1.807) is 0 Å². The minimum atomic E-state index is -3.47. The normalized spacial score (nSPS) is 28.2. The lowest BCUT2D eigenvalue weighted by Crippen LogP contribution is -2.35. The van der Waals surface area contributed by atoms with E-state index in [2.05, 4.69) is 4.98 Å². The monoisotopic (exact) mass is 409 g/mol. The Hall–Kier alpha value is -0.910. The van der Waals surface area contributed by atoms with E-state index in [0.29, 0.717) is 19.4 Å². The Kier molecular flexibility index (Phi) is 7.68. The maximum atomic E-state index is 12.2. The molecular weight excluding hydrogens is 385 g/mol. The summed E-state index contributed by atoms with van der Waals surface area (Å²) in [6.07, 6.45) is 0.569. The minimum Gasteiger partial charge on any atom is -0.382 e. The molecule has 0 saturated carbocycles. The molecule has 148 valence electrons. The van der Waals surface area contributed by atoms with Gasteiger partial charge in [-0.05, 0) is 31.2 Å². The number of hydrogen-bond acceptors (Lipinski definition) is 8. The molecule has 2 rings (SSSR count). The third-order valence-electron chi connectivity index (χ3n) is 4.15. The zero-order chi connectivity index (χ0) is 19.3. The zero-order valence-electron chi connectivity index (χ0n) is 14.6. The summed E-state index contributed by atoms with van der Waals surface area (Å²) in [7, 11) is 2.76. The fourth-order valence-corrected chi connectivity index (χ4v) is 3.98. The van der Waals surface area contributed by atoms with Crippen molar-refractivity contribution in [1.29, 1.82) is 0 Å². The smallest absolute Gasteiger partial charge is 0.330 e. The van der Waals surface area contributed by atoms with Gasteiger partial charge in [-0.3, -0.25) is 14.3 Å². The summed E-state index contributed by atoms with van der Waals surface area (Å²) in [6, 6.07) is 1.23. The van der Waals surface area contributed by atoms with Gasteiger partial charge in [0.05, 0.1) is 6.61 Å². The molecule has 2 heterocycles. The molecule has 0 spiro atoms. The first-order chi connectivity index (χ1) is 12.3. The summed E-state index contributed by atoms with van der Waals surface area (Å²) in [4.78, 5) is 35.8. The predicted octanol–water partition coefficient (Wildman–Crippen LogP) is -0.316. The predicted molar refractivity (Wildman–Crippen MR) is 97.3 cm³/mol. The highest BCUT2D eigenvalue weighted by Gasteiger charge is 2.48. The third-order valence-corrected chi connectivity index (χ3v) is 5.83. The second kappa shape index (κ2) is 9.34. The summed E-state index contributed by atoms with van der Waals surface area (Å²) in [6.45, 7) is -2.87. The molecule has 1 fully saturated rings. The van der Waals surface area contributed by atoms with Crippen LogP contribution in [-0.2, 0) is 30.3 Å². The van der Waals surface area contributed by atoms with Gasteiger partial charge in [0.2, 0.25) is 0 Å². The van der Waals surface area contributed by atoms with Crippen molar-refractivity contribution >= 4 is 18.5 Å². The van der Waals surface area contributed by atoms with Gasteiger partial charge in [0.15, 0.2) is 0 Å². The lowest BCUT2D eigenvalue weighted by Gasteiger charge is -2.27. The SMILES string of the molecule is COC[C@H]1O[C@@H](n2ccc(=O)[nH]c2=O)C(CCCN)[C@H]1OP(O)(=S)OC. The van der Waals surface area contributed by atoms with Gasteiger partial charge < -0.3 is 29.1 Å². The van der Waals surface area contributed by atoms with Crippen LogP contribution in [0.15, 0.2) is 21.9 Å². The number of methoxy groups -OCH3 is 1. The van der Waals surface area contributed by atoms with Gasteiger partial charge in [0.1, 0.15) is 18.4 Å². The topological polar surface area (TPSA) is 138 Å². The van der Waals surface area contributed by atoms with Crippen LogP contribution >= 0.6 is 6.72 Å². The van der Waals surface area contributed by atoms with Crippen LogP contribution in [0.3, 0.4) is 0 Å². The molecule has 0 aliphatic carbocycles. The number of nitrogens with two attached hydrogens (primary N) is 1. The average molecular weight is 409 g/mol. The number of H-pyrrole nitrogens is 1. The van der Waals surface area contributed by atoms with Crippen LogP contribution in [0.25, 0.3) is 0 Å². The molecule has 4 N–H and O–H groups in total. The van der Waals surface area contributed by atoms with Gasteiger partial charge >= 0.3 is 12.4 Å². The number of ether oxygens (including phenoxy) is 2. The van der Waals surface area contributed by atoms with Crippen LogP contribution in [0.1, 0.15) is 19.1 Å².